The SMILES string of the molecule is CCCCCCCCC(CCCCCC)C(=O)OCCCCCCN(CCCCCCOC(=O)C(CCCCCC)CCCCCCCC)CCNC(=O)[C@H](CCC(=O)OCC1c2ccccc2-c2ccccc21)NC(=O)OC(C)(C)C. The second kappa shape index (κ2) is 45.0. The lowest BCUT2D eigenvalue weighted by Crippen LogP contribution is -2.49. The number of rotatable bonds is 50. The lowest BCUT2D eigenvalue weighted by atomic mass is 9.94. The first kappa shape index (κ1) is 71.8. The molecule has 3 rings (SSSR count). The molecule has 12 heteroatoms. The van der Waals surface area contributed by atoms with Crippen molar-refractivity contribution in [2.45, 2.75) is 284 Å². The molecule has 0 saturated carbocycles. The Balaban J connectivity index is 1.56. The molecule has 82 heavy (non-hydrogen) atoms. The average Bonchev–Trinajstić information content (AvgIpc) is 3.87. The molecule has 0 spiro atoms. The first-order valence-corrected chi connectivity index (χ1v) is 33.5. The van der Waals surface area contributed by atoms with E-state index in [9.17, 15) is 24.0 Å². The summed E-state index contributed by atoms with van der Waals surface area (Å²) in [5, 5.41) is 5.80. The minimum absolute atomic E-state index is 0.00831. The van der Waals surface area contributed by atoms with Gasteiger partial charge in [0.25, 0.3) is 0 Å². The minimum Gasteiger partial charge on any atom is -0.465 e. The molecule has 2 aromatic carbocycles. The van der Waals surface area contributed by atoms with Gasteiger partial charge in [0.05, 0.1) is 25.0 Å². The fourth-order valence-corrected chi connectivity index (χ4v) is 11.4. The van der Waals surface area contributed by atoms with Gasteiger partial charge in [-0.1, -0.05) is 230 Å². The van der Waals surface area contributed by atoms with Crippen LogP contribution in [0.15, 0.2) is 48.5 Å². The third kappa shape index (κ3) is 32.0. The summed E-state index contributed by atoms with van der Waals surface area (Å²) < 4.78 is 23.2. The number of carbonyl (C=O) groups is 5. The quantitative estimate of drug-likeness (QED) is 0.0372. The second-order valence-electron chi connectivity index (χ2n) is 24.6. The molecular weight excluding hydrogens is 1030 g/mol. The molecule has 0 bridgehead atoms. The summed E-state index contributed by atoms with van der Waals surface area (Å²) in [6.45, 7) is 18.0. The van der Waals surface area contributed by atoms with Crippen LogP contribution in [-0.4, -0.2) is 92.5 Å². The maximum Gasteiger partial charge on any atom is 0.408 e. The van der Waals surface area contributed by atoms with E-state index in [1.165, 1.54) is 103 Å². The highest BCUT2D eigenvalue weighted by molar-refractivity contribution is 5.86. The van der Waals surface area contributed by atoms with E-state index >= 15 is 0 Å². The number of amides is 2. The Morgan fingerprint density at radius 3 is 1.34 bits per heavy atom. The predicted molar refractivity (Wildman–Crippen MR) is 336 cm³/mol. The minimum atomic E-state index is -1.01. The van der Waals surface area contributed by atoms with Crippen LogP contribution in [0.3, 0.4) is 0 Å². The summed E-state index contributed by atoms with van der Waals surface area (Å²) in [6, 6.07) is 15.4. The van der Waals surface area contributed by atoms with Crippen LogP contribution in [-0.2, 0) is 38.1 Å². The number of benzene rings is 2. The van der Waals surface area contributed by atoms with Gasteiger partial charge >= 0.3 is 24.0 Å². The zero-order chi connectivity index (χ0) is 59.5. The van der Waals surface area contributed by atoms with E-state index in [1.807, 2.05) is 24.3 Å². The number of nitrogens with zero attached hydrogens (tertiary/aromatic N) is 1. The summed E-state index contributed by atoms with van der Waals surface area (Å²) in [4.78, 5) is 69.3. The predicted octanol–water partition coefficient (Wildman–Crippen LogP) is 17.3. The zero-order valence-electron chi connectivity index (χ0n) is 53.0. The number of esters is 3. The monoisotopic (exact) mass is 1140 g/mol. The molecule has 0 aliphatic heterocycles. The van der Waals surface area contributed by atoms with Crippen LogP contribution in [0, 0.1) is 11.8 Å². The van der Waals surface area contributed by atoms with Crippen LogP contribution in [0.1, 0.15) is 284 Å². The van der Waals surface area contributed by atoms with Crippen molar-refractivity contribution in [3.63, 3.8) is 0 Å². The fourth-order valence-electron chi connectivity index (χ4n) is 11.4. The highest BCUT2D eigenvalue weighted by Crippen LogP contribution is 2.44. The number of alkyl carbamates (subject to hydrolysis) is 1. The van der Waals surface area contributed by atoms with Crippen LogP contribution >= 0.6 is 0 Å². The molecule has 1 aliphatic rings. The number of ether oxygens (including phenoxy) is 4. The average molecular weight is 1140 g/mol. The fraction of sp³-hybridized carbons (Fsp3) is 0.757. The maximum atomic E-state index is 13.9. The number of carbonyl (C=O) groups excluding carboxylic acids is 5. The molecule has 0 heterocycles. The van der Waals surface area contributed by atoms with Crippen LogP contribution in [0.5, 0.6) is 0 Å². The third-order valence-electron chi connectivity index (χ3n) is 16.3. The molecule has 0 radical (unpaired) electrons. The summed E-state index contributed by atoms with van der Waals surface area (Å²) >= 11 is 0. The van der Waals surface area contributed by atoms with Crippen LogP contribution in [0.4, 0.5) is 4.79 Å². The molecule has 2 amide bonds. The van der Waals surface area contributed by atoms with E-state index in [4.69, 9.17) is 18.9 Å². The Bertz CT molecular complexity index is 1920. The van der Waals surface area contributed by atoms with Gasteiger partial charge < -0.3 is 34.5 Å². The van der Waals surface area contributed by atoms with Crippen LogP contribution in [0.2, 0.25) is 0 Å². The molecule has 1 aliphatic carbocycles. The Morgan fingerprint density at radius 2 is 0.890 bits per heavy atom. The van der Waals surface area contributed by atoms with Gasteiger partial charge in [0.1, 0.15) is 18.2 Å². The molecule has 12 nitrogen and oxygen atoms in total. The van der Waals surface area contributed by atoms with Crippen molar-refractivity contribution in [3.05, 3.63) is 59.7 Å². The molecule has 0 saturated heterocycles. The van der Waals surface area contributed by atoms with E-state index < -0.39 is 23.7 Å². The highest BCUT2D eigenvalue weighted by Gasteiger charge is 2.30. The van der Waals surface area contributed by atoms with Gasteiger partial charge in [0.2, 0.25) is 5.91 Å². The number of hydrogen-bond donors (Lipinski definition) is 2. The molecule has 0 aromatic heterocycles. The lowest BCUT2D eigenvalue weighted by Gasteiger charge is -2.25. The van der Waals surface area contributed by atoms with E-state index in [0.717, 1.165) is 138 Å². The largest absolute Gasteiger partial charge is 0.465 e. The van der Waals surface area contributed by atoms with Crippen molar-refractivity contribution in [1.29, 1.82) is 0 Å². The summed E-state index contributed by atoms with van der Waals surface area (Å²) in [5.41, 5.74) is 3.75. The van der Waals surface area contributed by atoms with Gasteiger partial charge in [-0.25, -0.2) is 4.79 Å². The number of unbranched alkanes of at least 4 members (excludes halogenated alkanes) is 22. The van der Waals surface area contributed by atoms with Gasteiger partial charge in [-0.3, -0.25) is 19.2 Å². The van der Waals surface area contributed by atoms with Gasteiger partial charge in [-0.05, 0) is 114 Å². The van der Waals surface area contributed by atoms with Crippen molar-refractivity contribution in [3.8, 4) is 11.1 Å². The number of fused-ring (bicyclic) bond motifs is 3. The lowest BCUT2D eigenvalue weighted by molar-refractivity contribution is -0.150. The number of nitrogens with one attached hydrogen (secondary N) is 2. The topological polar surface area (TPSA) is 150 Å². The molecule has 2 unspecified atom stereocenters. The third-order valence-corrected chi connectivity index (χ3v) is 16.3. The Labute approximate surface area is 499 Å². The van der Waals surface area contributed by atoms with Crippen LogP contribution < -0.4 is 10.6 Å². The smallest absolute Gasteiger partial charge is 0.408 e. The van der Waals surface area contributed by atoms with Gasteiger partial charge in [0, 0.05) is 25.4 Å². The van der Waals surface area contributed by atoms with Gasteiger partial charge in [-0.2, -0.15) is 0 Å². The van der Waals surface area contributed by atoms with E-state index in [-0.39, 0.29) is 55.0 Å². The highest BCUT2D eigenvalue weighted by atomic mass is 16.6. The van der Waals surface area contributed by atoms with Crippen molar-refractivity contribution >= 4 is 29.9 Å². The first-order valence-electron chi connectivity index (χ1n) is 33.5. The molecule has 466 valence electrons. The summed E-state index contributed by atoms with van der Waals surface area (Å²) in [6.07, 6.45) is 34.5. The van der Waals surface area contributed by atoms with Crippen molar-refractivity contribution in [1.82, 2.24) is 15.5 Å². The normalized spacial score (nSPS) is 13.3. The van der Waals surface area contributed by atoms with Crippen molar-refractivity contribution in [2.75, 3.05) is 46.0 Å². The zero-order valence-corrected chi connectivity index (χ0v) is 53.0. The van der Waals surface area contributed by atoms with Gasteiger partial charge in [-0.15, -0.1) is 0 Å². The summed E-state index contributed by atoms with van der Waals surface area (Å²) in [7, 11) is 0. The van der Waals surface area contributed by atoms with E-state index in [2.05, 4.69) is 67.5 Å². The molecule has 3 atom stereocenters. The standard InChI is InChI=1S/C70H117N3O9/c1-8-12-16-20-22-30-42-57(40-28-18-14-10-3)67(76)79-54-38-26-24-36-51-73(52-37-25-27-39-55-80-68(77)58(41-29-19-15-11-4)43-31-23-21-17-13-9-2)53-50-71-66(75)64(72-69(78)82-70(5,6)7)48-49-65(74)81-56-63-61-46-34-32-44-59(61)60-45-33-35-47-62(60)63/h32-35,44-47,57-58,63-64H,8-31,36-43,48-56H2,1-7H3,(H,71,75)(H,72,78)/t57?,58?,64-/m0/s1. The Morgan fingerprint density at radius 1 is 0.488 bits per heavy atom. The van der Waals surface area contributed by atoms with Crippen LogP contribution in [0.25, 0.3) is 11.1 Å². The first-order chi connectivity index (χ1) is 39.8. The molecule has 2 N–H and O–H groups in total. The van der Waals surface area contributed by atoms with Crippen molar-refractivity contribution < 1.29 is 42.9 Å². The van der Waals surface area contributed by atoms with Crippen molar-refractivity contribution in [2.24, 2.45) is 11.8 Å². The molecular formula is C70H117N3O9. The van der Waals surface area contributed by atoms with E-state index in [0.29, 0.717) is 26.3 Å². The van der Waals surface area contributed by atoms with E-state index in [1.54, 1.807) is 20.8 Å². The van der Waals surface area contributed by atoms with Gasteiger partial charge in [0.15, 0.2) is 0 Å². The second-order valence-corrected chi connectivity index (χ2v) is 24.6. The maximum absolute atomic E-state index is 13.9. The number of hydrogen-bond acceptors (Lipinski definition) is 10. The summed E-state index contributed by atoms with van der Waals surface area (Å²) in [5.74, 6) is -0.915. The molecule has 2 aromatic rings. The Hall–Kier alpha value is -4.45. The Kier molecular flexibility index (Phi) is 39.4. The molecule has 0 fully saturated rings.